The van der Waals surface area contributed by atoms with E-state index in [0.29, 0.717) is 26.4 Å². The quantitative estimate of drug-likeness (QED) is 0.592. The summed E-state index contributed by atoms with van der Waals surface area (Å²) in [7, 11) is -2.60. The fourth-order valence-electron chi connectivity index (χ4n) is 3.90. The Morgan fingerprint density at radius 2 is 1.65 bits per heavy atom. The summed E-state index contributed by atoms with van der Waals surface area (Å²) in [4.78, 5) is 0. The maximum atomic E-state index is 6.21. The van der Waals surface area contributed by atoms with E-state index in [-0.39, 0.29) is 5.79 Å². The van der Waals surface area contributed by atoms with Gasteiger partial charge < -0.3 is 22.8 Å². The van der Waals surface area contributed by atoms with E-state index < -0.39 is 8.80 Å². The molecule has 6 heteroatoms. The van der Waals surface area contributed by atoms with Crippen molar-refractivity contribution in [2.75, 3.05) is 19.8 Å². The molecule has 1 aliphatic heterocycles. The van der Waals surface area contributed by atoms with Gasteiger partial charge in [0.15, 0.2) is 0 Å². The van der Waals surface area contributed by atoms with E-state index >= 15 is 0 Å². The lowest BCUT2D eigenvalue weighted by Gasteiger charge is -2.35. The van der Waals surface area contributed by atoms with Gasteiger partial charge in [-0.1, -0.05) is 6.07 Å². The first-order valence-electron chi connectivity index (χ1n) is 10.0. The maximum absolute atomic E-state index is 6.21. The van der Waals surface area contributed by atoms with Gasteiger partial charge in [0.05, 0.1) is 6.61 Å². The molecule has 0 bridgehead atoms. The molecule has 0 aromatic heterocycles. The molecule has 26 heavy (non-hydrogen) atoms. The summed E-state index contributed by atoms with van der Waals surface area (Å²) in [5.41, 5.74) is 2.38. The highest BCUT2D eigenvalue weighted by molar-refractivity contribution is 6.60. The highest BCUT2D eigenvalue weighted by atomic mass is 28.4. The Morgan fingerprint density at radius 1 is 1.00 bits per heavy atom. The van der Waals surface area contributed by atoms with E-state index in [9.17, 15) is 0 Å². The first-order chi connectivity index (χ1) is 12.6. The van der Waals surface area contributed by atoms with Crippen molar-refractivity contribution in [1.29, 1.82) is 0 Å². The lowest BCUT2D eigenvalue weighted by atomic mass is 10.1. The van der Waals surface area contributed by atoms with Crippen molar-refractivity contribution in [3.8, 4) is 5.75 Å². The average molecular weight is 381 g/mol. The zero-order valence-electron chi connectivity index (χ0n) is 16.3. The van der Waals surface area contributed by atoms with Gasteiger partial charge in [-0.2, -0.15) is 0 Å². The van der Waals surface area contributed by atoms with E-state index in [2.05, 4.69) is 18.2 Å². The molecule has 146 valence electrons. The predicted octanol–water partition coefficient (Wildman–Crippen LogP) is 4.46. The van der Waals surface area contributed by atoms with Crippen LogP contribution in [0.4, 0.5) is 0 Å². The smallest absolute Gasteiger partial charge is 0.462 e. The van der Waals surface area contributed by atoms with Gasteiger partial charge in [0.2, 0.25) is 5.79 Å². The van der Waals surface area contributed by atoms with Gasteiger partial charge in [-0.15, -0.1) is 0 Å². The number of ether oxygens (including phenoxy) is 2. The lowest BCUT2D eigenvalue weighted by Crippen LogP contribution is -2.46. The zero-order chi connectivity index (χ0) is 18.5. The van der Waals surface area contributed by atoms with Gasteiger partial charge in [-0.25, -0.2) is 0 Å². The second kappa shape index (κ2) is 8.84. The second-order valence-electron chi connectivity index (χ2n) is 6.93. The van der Waals surface area contributed by atoms with Crippen molar-refractivity contribution >= 4 is 8.80 Å². The Labute approximate surface area is 158 Å². The average Bonchev–Trinajstić information content (AvgIpc) is 3.08. The summed E-state index contributed by atoms with van der Waals surface area (Å²) in [6.07, 6.45) is 5.24. The highest BCUT2D eigenvalue weighted by Crippen LogP contribution is 2.41. The minimum Gasteiger partial charge on any atom is -0.462 e. The van der Waals surface area contributed by atoms with E-state index in [1.54, 1.807) is 0 Å². The van der Waals surface area contributed by atoms with Gasteiger partial charge in [0, 0.05) is 44.3 Å². The standard InChI is InChI=1S/C20H32O5Si/c1-4-22-26(23-5-2,24-6-3)14-11-17-9-10-19-18(15-17)16-21-20(25-19)12-7-8-13-20/h9-10,15H,4-8,11-14,16H2,1-3H3. The van der Waals surface area contributed by atoms with Crippen molar-refractivity contribution in [2.24, 2.45) is 0 Å². The number of hydrogen-bond donors (Lipinski definition) is 0. The van der Waals surface area contributed by atoms with Crippen LogP contribution in [0, 0.1) is 0 Å². The molecule has 1 saturated carbocycles. The molecule has 1 aromatic rings. The molecule has 1 fully saturated rings. The number of benzene rings is 1. The molecule has 0 radical (unpaired) electrons. The summed E-state index contributed by atoms with van der Waals surface area (Å²) < 4.78 is 30.1. The fourth-order valence-corrected chi connectivity index (χ4v) is 6.50. The van der Waals surface area contributed by atoms with E-state index in [4.69, 9.17) is 22.8 Å². The van der Waals surface area contributed by atoms with Crippen LogP contribution in [-0.4, -0.2) is 34.4 Å². The van der Waals surface area contributed by atoms with E-state index in [0.717, 1.165) is 36.6 Å². The monoisotopic (exact) mass is 380 g/mol. The van der Waals surface area contributed by atoms with E-state index in [1.165, 1.54) is 18.4 Å². The molecule has 5 nitrogen and oxygen atoms in total. The Kier molecular flexibility index (Phi) is 6.74. The van der Waals surface area contributed by atoms with Crippen LogP contribution in [0.1, 0.15) is 57.6 Å². The molecule has 3 rings (SSSR count). The number of fused-ring (bicyclic) bond motifs is 1. The summed E-state index contributed by atoms with van der Waals surface area (Å²) in [6, 6.07) is 7.22. The summed E-state index contributed by atoms with van der Waals surface area (Å²) in [5, 5.41) is 0. The van der Waals surface area contributed by atoms with Crippen LogP contribution < -0.4 is 4.74 Å². The van der Waals surface area contributed by atoms with Crippen molar-refractivity contribution in [3.63, 3.8) is 0 Å². The first-order valence-corrected chi connectivity index (χ1v) is 11.9. The van der Waals surface area contributed by atoms with Crippen LogP contribution in [0.25, 0.3) is 0 Å². The molecular weight excluding hydrogens is 348 g/mol. The normalized spacial score (nSPS) is 18.7. The molecule has 1 heterocycles. The molecule has 0 unspecified atom stereocenters. The fraction of sp³-hybridized carbons (Fsp3) is 0.700. The minimum absolute atomic E-state index is 0.366. The first kappa shape index (κ1) is 19.8. The third kappa shape index (κ3) is 4.49. The number of hydrogen-bond acceptors (Lipinski definition) is 5. The van der Waals surface area contributed by atoms with E-state index in [1.807, 2.05) is 20.8 Å². The van der Waals surface area contributed by atoms with Crippen molar-refractivity contribution in [2.45, 2.75) is 71.3 Å². The molecule has 0 amide bonds. The summed E-state index contributed by atoms with van der Waals surface area (Å²) in [6.45, 7) is 8.44. The molecular formula is C20H32O5Si. The molecule has 1 aliphatic carbocycles. The van der Waals surface area contributed by atoms with Crippen LogP contribution in [0.3, 0.4) is 0 Å². The third-order valence-corrected chi connectivity index (χ3v) is 8.14. The zero-order valence-corrected chi connectivity index (χ0v) is 17.3. The highest BCUT2D eigenvalue weighted by Gasteiger charge is 2.41. The summed E-state index contributed by atoms with van der Waals surface area (Å²) >= 11 is 0. The third-order valence-electron chi connectivity index (χ3n) is 5.09. The largest absolute Gasteiger partial charge is 0.501 e. The Bertz CT molecular complexity index is 569. The lowest BCUT2D eigenvalue weighted by molar-refractivity contribution is -0.200. The second-order valence-corrected chi connectivity index (χ2v) is 9.66. The molecule has 2 aliphatic rings. The van der Waals surface area contributed by atoms with Gasteiger partial charge >= 0.3 is 8.80 Å². The predicted molar refractivity (Wildman–Crippen MR) is 102 cm³/mol. The topological polar surface area (TPSA) is 46.2 Å². The van der Waals surface area contributed by atoms with Crippen LogP contribution >= 0.6 is 0 Å². The molecule has 1 spiro atoms. The molecule has 1 aromatic carbocycles. The van der Waals surface area contributed by atoms with Crippen molar-refractivity contribution in [1.82, 2.24) is 0 Å². The molecule has 0 atom stereocenters. The van der Waals surface area contributed by atoms with Crippen LogP contribution in [0.5, 0.6) is 5.75 Å². The van der Waals surface area contributed by atoms with Crippen molar-refractivity contribution < 1.29 is 22.8 Å². The molecule has 0 N–H and O–H groups in total. The Hall–Kier alpha value is -0.923. The van der Waals surface area contributed by atoms with Gasteiger partial charge in [-0.05, 0) is 57.7 Å². The van der Waals surface area contributed by atoms with Crippen LogP contribution in [0.2, 0.25) is 6.04 Å². The molecule has 0 saturated heterocycles. The van der Waals surface area contributed by atoms with Gasteiger partial charge in [0.1, 0.15) is 5.75 Å². The Morgan fingerprint density at radius 3 is 2.27 bits per heavy atom. The van der Waals surface area contributed by atoms with Crippen molar-refractivity contribution in [3.05, 3.63) is 29.3 Å². The van der Waals surface area contributed by atoms with Gasteiger partial charge in [-0.3, -0.25) is 0 Å². The van der Waals surface area contributed by atoms with Crippen LogP contribution in [-0.2, 0) is 31.0 Å². The number of rotatable bonds is 9. The maximum Gasteiger partial charge on any atom is 0.501 e. The SMILES string of the molecule is CCO[Si](CCc1ccc2c(c1)COC1(CCCC1)O2)(OCC)OCC. The summed E-state index contributed by atoms with van der Waals surface area (Å²) in [5.74, 6) is 0.611. The minimum atomic E-state index is -2.60. The van der Waals surface area contributed by atoms with Crippen LogP contribution in [0.15, 0.2) is 18.2 Å². The number of aryl methyl sites for hydroxylation is 1. The Balaban J connectivity index is 1.67. The van der Waals surface area contributed by atoms with Gasteiger partial charge in [0.25, 0.3) is 0 Å².